The van der Waals surface area contributed by atoms with E-state index in [1.165, 1.54) is 19.3 Å². The third kappa shape index (κ3) is 3.97. The Morgan fingerprint density at radius 2 is 2.05 bits per heavy atom. The largest absolute Gasteiger partial charge is 0.495 e. The molecule has 0 saturated heterocycles. The molecule has 0 unspecified atom stereocenters. The third-order valence-electron chi connectivity index (χ3n) is 4.51. The van der Waals surface area contributed by atoms with Gasteiger partial charge < -0.3 is 15.8 Å². The van der Waals surface area contributed by atoms with E-state index in [1.807, 2.05) is 25.1 Å². The van der Waals surface area contributed by atoms with Crippen LogP contribution in [-0.4, -0.2) is 19.6 Å². The fourth-order valence-electron chi connectivity index (χ4n) is 3.21. The smallest absolute Gasteiger partial charge is 0.225 e. The second-order valence-corrected chi connectivity index (χ2v) is 6.19. The molecule has 4 heteroatoms. The van der Waals surface area contributed by atoms with Crippen LogP contribution in [0, 0.1) is 12.3 Å². The van der Waals surface area contributed by atoms with Gasteiger partial charge in [0.25, 0.3) is 0 Å². The van der Waals surface area contributed by atoms with E-state index in [0.717, 1.165) is 24.1 Å². The molecular formula is C17H26N2O2. The Kier molecular flexibility index (Phi) is 5.23. The Labute approximate surface area is 127 Å². The lowest BCUT2D eigenvalue weighted by Crippen LogP contribution is -2.36. The summed E-state index contributed by atoms with van der Waals surface area (Å²) in [5.74, 6) is 0.727. The zero-order valence-electron chi connectivity index (χ0n) is 13.1. The molecule has 0 bridgehead atoms. The van der Waals surface area contributed by atoms with Crippen LogP contribution in [0.25, 0.3) is 0 Å². The van der Waals surface area contributed by atoms with Crippen molar-refractivity contribution in [2.75, 3.05) is 19.0 Å². The number of ether oxygens (including phenoxy) is 1. The van der Waals surface area contributed by atoms with Crippen LogP contribution in [0.2, 0.25) is 0 Å². The van der Waals surface area contributed by atoms with E-state index in [0.29, 0.717) is 18.7 Å². The first-order valence-electron chi connectivity index (χ1n) is 7.73. The van der Waals surface area contributed by atoms with Crippen LogP contribution in [0.1, 0.15) is 44.1 Å². The van der Waals surface area contributed by atoms with Crippen molar-refractivity contribution in [2.24, 2.45) is 11.1 Å². The molecule has 116 valence electrons. The average molecular weight is 290 g/mol. The number of hydrogen-bond donors (Lipinski definition) is 2. The number of nitrogens with one attached hydrogen (secondary N) is 1. The molecule has 1 amide bonds. The summed E-state index contributed by atoms with van der Waals surface area (Å²) in [7, 11) is 1.61. The Balaban J connectivity index is 2.05. The molecule has 0 radical (unpaired) electrons. The zero-order valence-corrected chi connectivity index (χ0v) is 13.1. The number of carbonyl (C=O) groups is 1. The molecule has 2 rings (SSSR count). The molecule has 1 fully saturated rings. The number of carbonyl (C=O) groups excluding carboxylic acids is 1. The number of rotatable bonds is 5. The number of hydrogen-bond acceptors (Lipinski definition) is 3. The summed E-state index contributed by atoms with van der Waals surface area (Å²) in [6.45, 7) is 2.59. The van der Waals surface area contributed by atoms with Crippen molar-refractivity contribution < 1.29 is 9.53 Å². The zero-order chi connectivity index (χ0) is 15.3. The minimum Gasteiger partial charge on any atom is -0.495 e. The van der Waals surface area contributed by atoms with E-state index in [1.54, 1.807) is 7.11 Å². The fourth-order valence-corrected chi connectivity index (χ4v) is 3.21. The predicted molar refractivity (Wildman–Crippen MR) is 85.6 cm³/mol. The van der Waals surface area contributed by atoms with Crippen LogP contribution < -0.4 is 15.8 Å². The van der Waals surface area contributed by atoms with Crippen molar-refractivity contribution in [3.05, 3.63) is 23.8 Å². The van der Waals surface area contributed by atoms with Crippen molar-refractivity contribution in [3.8, 4) is 5.75 Å². The minimum atomic E-state index is -0.0145. The van der Waals surface area contributed by atoms with Crippen LogP contribution in [0.5, 0.6) is 5.75 Å². The number of nitrogens with two attached hydrogens (primary N) is 1. The lowest BCUT2D eigenvalue weighted by atomic mass is 9.71. The first-order valence-corrected chi connectivity index (χ1v) is 7.73. The van der Waals surface area contributed by atoms with Gasteiger partial charge in [-0.1, -0.05) is 25.3 Å². The molecule has 4 nitrogen and oxygen atoms in total. The minimum absolute atomic E-state index is 0.0145. The van der Waals surface area contributed by atoms with Crippen LogP contribution in [-0.2, 0) is 4.79 Å². The molecule has 1 aromatic carbocycles. The quantitative estimate of drug-likeness (QED) is 0.875. The highest BCUT2D eigenvalue weighted by Crippen LogP contribution is 2.38. The van der Waals surface area contributed by atoms with Crippen molar-refractivity contribution in [3.63, 3.8) is 0 Å². The summed E-state index contributed by atoms with van der Waals surface area (Å²) < 4.78 is 5.30. The van der Waals surface area contributed by atoms with Gasteiger partial charge in [-0.15, -0.1) is 0 Å². The number of methoxy groups -OCH3 is 1. The second kappa shape index (κ2) is 6.94. The number of benzene rings is 1. The van der Waals surface area contributed by atoms with E-state index in [-0.39, 0.29) is 11.3 Å². The van der Waals surface area contributed by atoms with Gasteiger partial charge in [-0.05, 0) is 49.4 Å². The maximum atomic E-state index is 12.4. The van der Waals surface area contributed by atoms with Crippen molar-refractivity contribution >= 4 is 11.6 Å². The Morgan fingerprint density at radius 1 is 1.33 bits per heavy atom. The number of aryl methyl sites for hydroxylation is 1. The lowest BCUT2D eigenvalue weighted by molar-refractivity contribution is -0.118. The normalized spacial score (nSPS) is 17.3. The monoisotopic (exact) mass is 290 g/mol. The summed E-state index contributed by atoms with van der Waals surface area (Å²) in [5, 5.41) is 2.99. The summed E-state index contributed by atoms with van der Waals surface area (Å²) in [6.07, 6.45) is 6.23. The SMILES string of the molecule is COc1ccc(C)cc1NC(=O)CC1(CN)CCCCC1. The van der Waals surface area contributed by atoms with Crippen LogP contribution >= 0.6 is 0 Å². The second-order valence-electron chi connectivity index (χ2n) is 6.19. The van der Waals surface area contributed by atoms with Gasteiger partial charge in [-0.2, -0.15) is 0 Å². The molecule has 3 N–H and O–H groups in total. The summed E-state index contributed by atoms with van der Waals surface area (Å²) in [5.41, 5.74) is 7.78. The molecule has 0 heterocycles. The topological polar surface area (TPSA) is 64.3 Å². The summed E-state index contributed by atoms with van der Waals surface area (Å²) in [6, 6.07) is 5.79. The van der Waals surface area contributed by atoms with Crippen molar-refractivity contribution in [1.82, 2.24) is 0 Å². The van der Waals surface area contributed by atoms with Gasteiger partial charge in [-0.3, -0.25) is 4.79 Å². The standard InChI is InChI=1S/C17H26N2O2/c1-13-6-7-15(21-2)14(10-13)19-16(20)11-17(12-18)8-4-3-5-9-17/h6-7,10H,3-5,8-9,11-12,18H2,1-2H3,(H,19,20). The van der Waals surface area contributed by atoms with Gasteiger partial charge in [0.1, 0.15) is 5.75 Å². The Morgan fingerprint density at radius 3 is 2.67 bits per heavy atom. The summed E-state index contributed by atoms with van der Waals surface area (Å²) >= 11 is 0. The Bertz CT molecular complexity index is 494. The van der Waals surface area contributed by atoms with E-state index >= 15 is 0 Å². The molecule has 1 saturated carbocycles. The highest BCUT2D eigenvalue weighted by Gasteiger charge is 2.33. The molecule has 1 aliphatic rings. The Hall–Kier alpha value is -1.55. The van der Waals surface area contributed by atoms with Gasteiger partial charge in [-0.25, -0.2) is 0 Å². The average Bonchev–Trinajstić information content (AvgIpc) is 2.48. The van der Waals surface area contributed by atoms with Gasteiger partial charge in [0.15, 0.2) is 0 Å². The molecule has 0 aliphatic heterocycles. The van der Waals surface area contributed by atoms with E-state index in [4.69, 9.17) is 10.5 Å². The third-order valence-corrected chi connectivity index (χ3v) is 4.51. The van der Waals surface area contributed by atoms with E-state index in [2.05, 4.69) is 5.32 Å². The predicted octanol–water partition coefficient (Wildman–Crippen LogP) is 3.24. The maximum Gasteiger partial charge on any atom is 0.225 e. The highest BCUT2D eigenvalue weighted by molar-refractivity contribution is 5.92. The fraction of sp³-hybridized carbons (Fsp3) is 0.588. The van der Waals surface area contributed by atoms with Crippen LogP contribution in [0.15, 0.2) is 18.2 Å². The van der Waals surface area contributed by atoms with E-state index in [9.17, 15) is 4.79 Å². The maximum absolute atomic E-state index is 12.4. The molecule has 0 aromatic heterocycles. The van der Waals surface area contributed by atoms with Gasteiger partial charge in [0, 0.05) is 6.42 Å². The van der Waals surface area contributed by atoms with E-state index < -0.39 is 0 Å². The first kappa shape index (κ1) is 15.8. The summed E-state index contributed by atoms with van der Waals surface area (Å²) in [4.78, 5) is 12.4. The number of anilines is 1. The molecule has 21 heavy (non-hydrogen) atoms. The molecule has 1 aliphatic carbocycles. The molecule has 1 aromatic rings. The number of amides is 1. The van der Waals surface area contributed by atoms with Crippen molar-refractivity contribution in [2.45, 2.75) is 45.4 Å². The van der Waals surface area contributed by atoms with Gasteiger partial charge in [0.2, 0.25) is 5.91 Å². The van der Waals surface area contributed by atoms with Crippen molar-refractivity contribution in [1.29, 1.82) is 0 Å². The molecule has 0 spiro atoms. The lowest BCUT2D eigenvalue weighted by Gasteiger charge is -2.35. The van der Waals surface area contributed by atoms with Gasteiger partial charge >= 0.3 is 0 Å². The first-order chi connectivity index (χ1) is 10.1. The highest BCUT2D eigenvalue weighted by atomic mass is 16.5. The van der Waals surface area contributed by atoms with Crippen LogP contribution in [0.4, 0.5) is 5.69 Å². The molecular weight excluding hydrogens is 264 g/mol. The van der Waals surface area contributed by atoms with Crippen LogP contribution in [0.3, 0.4) is 0 Å². The molecule has 0 atom stereocenters. The van der Waals surface area contributed by atoms with Gasteiger partial charge in [0.05, 0.1) is 12.8 Å².